The number of hydrogen-bond acceptors (Lipinski definition) is 3. The summed E-state index contributed by atoms with van der Waals surface area (Å²) < 4.78 is 6.71. The fourth-order valence-corrected chi connectivity index (χ4v) is 3.54. The molecule has 0 spiro atoms. The second kappa shape index (κ2) is 11.8. The van der Waals surface area contributed by atoms with Crippen LogP contribution in [-0.2, 0) is 16.1 Å². The molecule has 2 rings (SSSR count). The molecule has 0 aliphatic carbocycles. The van der Waals surface area contributed by atoms with Crippen LogP contribution >= 0.6 is 45.8 Å². The number of halogens is 3. The molecule has 0 unspecified atom stereocenters. The number of nitrogens with one attached hydrogen (secondary N) is 1. The predicted molar refractivity (Wildman–Crippen MR) is 129 cm³/mol. The van der Waals surface area contributed by atoms with Gasteiger partial charge in [-0.2, -0.15) is 0 Å². The minimum Gasteiger partial charge on any atom is -0.484 e. The number of nitrogens with zero attached hydrogens (tertiary/aromatic N) is 1. The lowest BCUT2D eigenvalue weighted by atomic mass is 10.1. The number of amides is 2. The molecule has 30 heavy (non-hydrogen) atoms. The molecule has 0 radical (unpaired) electrons. The average Bonchev–Trinajstić information content (AvgIpc) is 2.72. The Hall–Kier alpha value is -1.51. The normalized spacial score (nSPS) is 12.7. The van der Waals surface area contributed by atoms with Crippen LogP contribution in [0.1, 0.15) is 32.8 Å². The Balaban J connectivity index is 2.21. The van der Waals surface area contributed by atoms with Crippen molar-refractivity contribution in [2.45, 2.75) is 45.8 Å². The van der Waals surface area contributed by atoms with Gasteiger partial charge in [0.1, 0.15) is 11.8 Å². The van der Waals surface area contributed by atoms with Crippen LogP contribution in [0.4, 0.5) is 0 Å². The molecule has 162 valence electrons. The molecular weight excluding hydrogens is 538 g/mol. The van der Waals surface area contributed by atoms with Crippen molar-refractivity contribution in [3.63, 3.8) is 0 Å². The summed E-state index contributed by atoms with van der Waals surface area (Å²) in [6.45, 7) is 5.48. The molecule has 5 nitrogen and oxygen atoms in total. The number of hydrogen-bond donors (Lipinski definition) is 1. The Kier molecular flexibility index (Phi) is 9.71. The highest BCUT2D eigenvalue weighted by Gasteiger charge is 2.28. The zero-order chi connectivity index (χ0) is 22.3. The molecule has 1 N–H and O–H groups in total. The highest BCUT2D eigenvalue weighted by atomic mass is 127. The van der Waals surface area contributed by atoms with Crippen LogP contribution in [-0.4, -0.2) is 35.4 Å². The van der Waals surface area contributed by atoms with E-state index in [4.69, 9.17) is 27.9 Å². The van der Waals surface area contributed by atoms with E-state index in [2.05, 4.69) is 27.9 Å². The molecule has 0 aliphatic rings. The van der Waals surface area contributed by atoms with Crippen molar-refractivity contribution >= 4 is 57.6 Å². The van der Waals surface area contributed by atoms with Gasteiger partial charge < -0.3 is 15.0 Å². The Bertz CT molecular complexity index is 857. The van der Waals surface area contributed by atoms with E-state index in [0.717, 1.165) is 9.99 Å². The molecule has 2 atom stereocenters. The molecule has 0 saturated carbocycles. The van der Waals surface area contributed by atoms with Crippen molar-refractivity contribution in [3.05, 3.63) is 61.6 Å². The highest BCUT2D eigenvalue weighted by Crippen LogP contribution is 2.26. The van der Waals surface area contributed by atoms with Crippen molar-refractivity contribution in [1.29, 1.82) is 0 Å². The maximum atomic E-state index is 13.0. The van der Waals surface area contributed by atoms with Gasteiger partial charge >= 0.3 is 0 Å². The summed E-state index contributed by atoms with van der Waals surface area (Å²) in [5.74, 6) is 0.00248. The van der Waals surface area contributed by atoms with Crippen molar-refractivity contribution in [1.82, 2.24) is 10.2 Å². The minimum atomic E-state index is -0.723. The van der Waals surface area contributed by atoms with Gasteiger partial charge in [0.25, 0.3) is 5.91 Å². The molecule has 0 aromatic heterocycles. The molecule has 2 aromatic rings. The lowest BCUT2D eigenvalue weighted by Gasteiger charge is -2.30. The lowest BCUT2D eigenvalue weighted by molar-refractivity contribution is -0.142. The first-order chi connectivity index (χ1) is 14.2. The van der Waals surface area contributed by atoms with Gasteiger partial charge in [-0.05, 0) is 79.3 Å². The summed E-state index contributed by atoms with van der Waals surface area (Å²) in [7, 11) is 0. The van der Waals surface area contributed by atoms with Crippen LogP contribution in [0.2, 0.25) is 10.0 Å². The summed E-state index contributed by atoms with van der Waals surface area (Å²) in [5, 5.41) is 3.80. The molecule has 2 amide bonds. The maximum Gasteiger partial charge on any atom is 0.261 e. The topological polar surface area (TPSA) is 58.6 Å². The Morgan fingerprint density at radius 2 is 1.70 bits per heavy atom. The van der Waals surface area contributed by atoms with Gasteiger partial charge in [0.2, 0.25) is 5.91 Å². The van der Waals surface area contributed by atoms with Gasteiger partial charge in [0.05, 0.1) is 0 Å². The second-order valence-electron chi connectivity index (χ2n) is 6.96. The third-order valence-electron chi connectivity index (χ3n) is 4.73. The van der Waals surface area contributed by atoms with E-state index >= 15 is 0 Å². The summed E-state index contributed by atoms with van der Waals surface area (Å²) in [5.41, 5.74) is 0.589. The summed E-state index contributed by atoms with van der Waals surface area (Å²) >= 11 is 14.8. The van der Waals surface area contributed by atoms with Crippen molar-refractivity contribution in [2.75, 3.05) is 6.61 Å². The lowest BCUT2D eigenvalue weighted by Crippen LogP contribution is -2.50. The molecule has 8 heteroatoms. The summed E-state index contributed by atoms with van der Waals surface area (Å²) in [6, 6.07) is 11.8. The zero-order valence-corrected chi connectivity index (χ0v) is 20.8. The summed E-state index contributed by atoms with van der Waals surface area (Å²) in [6.07, 6.45) is 0.790. The van der Waals surface area contributed by atoms with Gasteiger partial charge in [0, 0.05) is 31.8 Å². The van der Waals surface area contributed by atoms with E-state index in [1.54, 1.807) is 37.3 Å². The Morgan fingerprint density at radius 1 is 1.10 bits per heavy atom. The van der Waals surface area contributed by atoms with Crippen LogP contribution in [0.3, 0.4) is 0 Å². The molecule has 0 aliphatic heterocycles. The van der Waals surface area contributed by atoms with Crippen LogP contribution in [0, 0.1) is 3.57 Å². The smallest absolute Gasteiger partial charge is 0.261 e. The minimum absolute atomic E-state index is 0.00356. The average molecular weight is 563 g/mol. The first-order valence-corrected chi connectivity index (χ1v) is 11.5. The Labute approximate surface area is 201 Å². The first-order valence-electron chi connectivity index (χ1n) is 9.64. The van der Waals surface area contributed by atoms with E-state index in [1.165, 1.54) is 4.90 Å². The van der Waals surface area contributed by atoms with Gasteiger partial charge in [-0.15, -0.1) is 0 Å². The number of carbonyl (C=O) groups is 2. The van der Waals surface area contributed by atoms with Crippen LogP contribution < -0.4 is 10.1 Å². The van der Waals surface area contributed by atoms with E-state index in [1.807, 2.05) is 26.0 Å². The maximum absolute atomic E-state index is 13.0. The quantitative estimate of drug-likeness (QED) is 0.421. The zero-order valence-electron chi connectivity index (χ0n) is 17.1. The van der Waals surface area contributed by atoms with Crippen molar-refractivity contribution in [3.8, 4) is 5.75 Å². The van der Waals surface area contributed by atoms with Crippen LogP contribution in [0.15, 0.2) is 42.5 Å². The number of benzene rings is 2. The van der Waals surface area contributed by atoms with Crippen LogP contribution in [0.25, 0.3) is 0 Å². The molecule has 0 heterocycles. The number of ether oxygens (including phenoxy) is 1. The third-order valence-corrected chi connectivity index (χ3v) is 6.16. The third kappa shape index (κ3) is 7.03. The van der Waals surface area contributed by atoms with Crippen molar-refractivity contribution < 1.29 is 14.3 Å². The van der Waals surface area contributed by atoms with E-state index < -0.39 is 6.04 Å². The monoisotopic (exact) mass is 562 g/mol. The number of carbonyl (C=O) groups excluding carboxylic acids is 2. The Morgan fingerprint density at radius 3 is 2.27 bits per heavy atom. The van der Waals surface area contributed by atoms with Gasteiger partial charge in [-0.1, -0.05) is 36.2 Å². The fraction of sp³-hybridized carbons (Fsp3) is 0.364. The number of rotatable bonds is 9. The summed E-state index contributed by atoms with van der Waals surface area (Å²) in [4.78, 5) is 27.2. The van der Waals surface area contributed by atoms with Crippen molar-refractivity contribution in [2.24, 2.45) is 0 Å². The fourth-order valence-electron chi connectivity index (χ4n) is 2.66. The van der Waals surface area contributed by atoms with E-state index in [9.17, 15) is 9.59 Å². The standard InChI is InChI=1S/C22H25Cl2IN2O3/c1-4-14(2)26-22(29)15(3)27(12-18-19(23)6-5-7-20(18)24)21(28)13-30-17-10-8-16(25)9-11-17/h5-11,14-15H,4,12-13H2,1-3H3,(H,26,29)/t14-,15-/m0/s1. The highest BCUT2D eigenvalue weighted by molar-refractivity contribution is 14.1. The van der Waals surface area contributed by atoms with Gasteiger partial charge in [-0.25, -0.2) is 0 Å². The van der Waals surface area contributed by atoms with E-state index in [0.29, 0.717) is 21.4 Å². The molecule has 0 bridgehead atoms. The van der Waals surface area contributed by atoms with Gasteiger partial charge in [-0.3, -0.25) is 9.59 Å². The second-order valence-corrected chi connectivity index (χ2v) is 9.02. The molecular formula is C22H25Cl2IN2O3. The molecule has 0 fully saturated rings. The SMILES string of the molecule is CC[C@H](C)NC(=O)[C@H](C)N(Cc1c(Cl)cccc1Cl)C(=O)COc1ccc(I)cc1. The molecule has 0 saturated heterocycles. The van der Waals surface area contributed by atoms with Crippen LogP contribution in [0.5, 0.6) is 5.75 Å². The first kappa shape index (κ1) is 24.8. The van der Waals surface area contributed by atoms with E-state index in [-0.39, 0.29) is 31.0 Å². The van der Waals surface area contributed by atoms with Gasteiger partial charge in [0.15, 0.2) is 6.61 Å². The molecule has 2 aromatic carbocycles. The largest absolute Gasteiger partial charge is 0.484 e. The predicted octanol–water partition coefficient (Wildman–Crippen LogP) is 5.31.